The largest absolute Gasteiger partial charge is 0.496 e. The molecule has 0 atom stereocenters. The number of ether oxygens (including phenoxy) is 1. The van der Waals surface area contributed by atoms with Gasteiger partial charge in [-0.3, -0.25) is 4.79 Å². The first-order valence-corrected chi connectivity index (χ1v) is 6.60. The Morgan fingerprint density at radius 2 is 2.22 bits per heavy atom. The number of amides is 1. The Hall–Kier alpha value is -1.14. The van der Waals surface area contributed by atoms with Gasteiger partial charge in [0.05, 0.1) is 23.1 Å². The molecule has 0 aromatic heterocycles. The van der Waals surface area contributed by atoms with E-state index in [1.807, 2.05) is 6.92 Å². The van der Waals surface area contributed by atoms with Crippen LogP contribution in [0.2, 0.25) is 0 Å². The maximum Gasteiger partial charge on any atom is 0.254 e. The zero-order valence-electron chi connectivity index (χ0n) is 10.3. The summed E-state index contributed by atoms with van der Waals surface area (Å²) in [5.41, 5.74) is 6.04. The molecule has 98 valence electrons. The molecule has 1 rings (SSSR count). The van der Waals surface area contributed by atoms with Crippen LogP contribution in [0.25, 0.3) is 0 Å². The molecule has 4 nitrogen and oxygen atoms in total. The second kappa shape index (κ2) is 6.70. The zero-order chi connectivity index (χ0) is 13.7. The number of carbonyl (C=O) groups excluding carboxylic acids is 1. The van der Waals surface area contributed by atoms with Crippen molar-refractivity contribution in [3.8, 4) is 5.75 Å². The smallest absolute Gasteiger partial charge is 0.254 e. The lowest BCUT2D eigenvalue weighted by molar-refractivity contribution is 0.0788. The molecular formula is C12H15BrN2O2S. The molecule has 0 aliphatic carbocycles. The fraction of sp³-hybridized carbons (Fsp3) is 0.333. The van der Waals surface area contributed by atoms with Crippen molar-refractivity contribution in [2.45, 2.75) is 6.92 Å². The molecule has 0 saturated carbocycles. The van der Waals surface area contributed by atoms with Gasteiger partial charge in [-0.05, 0) is 41.1 Å². The second-order valence-corrected chi connectivity index (χ2v) is 5.01. The molecule has 0 heterocycles. The van der Waals surface area contributed by atoms with Crippen LogP contribution in [0, 0.1) is 0 Å². The van der Waals surface area contributed by atoms with E-state index in [4.69, 9.17) is 22.7 Å². The van der Waals surface area contributed by atoms with Gasteiger partial charge in [0.15, 0.2) is 0 Å². The average molecular weight is 331 g/mol. The number of nitrogens with zero attached hydrogens (tertiary/aromatic N) is 1. The standard InChI is InChI=1S/C12H15BrN2O2S/c1-3-15(7-11(14)18)12(16)8-4-5-10(17-2)9(13)6-8/h4-6H,3,7H2,1-2H3,(H2,14,18). The number of halogens is 1. The van der Waals surface area contributed by atoms with Gasteiger partial charge in [-0.25, -0.2) is 0 Å². The van der Waals surface area contributed by atoms with Gasteiger partial charge in [0, 0.05) is 12.1 Å². The molecule has 0 bridgehead atoms. The maximum absolute atomic E-state index is 12.2. The lowest BCUT2D eigenvalue weighted by Crippen LogP contribution is -2.37. The third-order valence-corrected chi connectivity index (χ3v) is 3.16. The Morgan fingerprint density at radius 3 is 2.67 bits per heavy atom. The van der Waals surface area contributed by atoms with E-state index < -0.39 is 0 Å². The van der Waals surface area contributed by atoms with Crippen molar-refractivity contribution < 1.29 is 9.53 Å². The van der Waals surface area contributed by atoms with Gasteiger partial charge in [-0.15, -0.1) is 0 Å². The van der Waals surface area contributed by atoms with E-state index in [0.29, 0.717) is 22.8 Å². The molecule has 18 heavy (non-hydrogen) atoms. The summed E-state index contributed by atoms with van der Waals surface area (Å²) >= 11 is 8.18. The van der Waals surface area contributed by atoms with Crippen molar-refractivity contribution in [1.29, 1.82) is 0 Å². The summed E-state index contributed by atoms with van der Waals surface area (Å²) < 4.78 is 5.86. The van der Waals surface area contributed by atoms with Crippen LogP contribution in [0.5, 0.6) is 5.75 Å². The molecule has 1 amide bonds. The van der Waals surface area contributed by atoms with Crippen molar-refractivity contribution in [2.24, 2.45) is 5.73 Å². The van der Waals surface area contributed by atoms with E-state index in [-0.39, 0.29) is 12.5 Å². The minimum Gasteiger partial charge on any atom is -0.496 e. The Balaban J connectivity index is 2.95. The number of thiocarbonyl (C=S) groups is 1. The number of nitrogens with two attached hydrogens (primary N) is 1. The molecule has 1 aromatic rings. The van der Waals surface area contributed by atoms with Crippen LogP contribution in [0.3, 0.4) is 0 Å². The van der Waals surface area contributed by atoms with Gasteiger partial charge < -0.3 is 15.4 Å². The molecule has 0 aliphatic heterocycles. The third-order valence-electron chi connectivity index (χ3n) is 2.41. The van der Waals surface area contributed by atoms with Gasteiger partial charge >= 0.3 is 0 Å². The average Bonchev–Trinajstić information content (AvgIpc) is 2.34. The fourth-order valence-electron chi connectivity index (χ4n) is 1.50. The Kier molecular flexibility index (Phi) is 5.55. The minimum atomic E-state index is -0.103. The van der Waals surface area contributed by atoms with E-state index in [0.717, 1.165) is 4.47 Å². The Labute approximate surface area is 120 Å². The van der Waals surface area contributed by atoms with Gasteiger partial charge in [-0.1, -0.05) is 12.2 Å². The van der Waals surface area contributed by atoms with Crippen LogP contribution in [0.4, 0.5) is 0 Å². The first kappa shape index (κ1) is 14.9. The summed E-state index contributed by atoms with van der Waals surface area (Å²) in [4.78, 5) is 14.1. The van der Waals surface area contributed by atoms with Crippen LogP contribution in [-0.4, -0.2) is 36.0 Å². The summed E-state index contributed by atoms with van der Waals surface area (Å²) in [5.74, 6) is 0.581. The molecule has 0 saturated heterocycles. The molecule has 0 unspecified atom stereocenters. The molecule has 0 radical (unpaired) electrons. The van der Waals surface area contributed by atoms with Gasteiger partial charge in [-0.2, -0.15) is 0 Å². The monoisotopic (exact) mass is 330 g/mol. The highest BCUT2D eigenvalue weighted by Crippen LogP contribution is 2.26. The number of methoxy groups -OCH3 is 1. The normalized spacial score (nSPS) is 9.94. The van der Waals surface area contributed by atoms with E-state index in [1.165, 1.54) is 0 Å². The van der Waals surface area contributed by atoms with Gasteiger partial charge in [0.1, 0.15) is 5.75 Å². The van der Waals surface area contributed by atoms with Crippen molar-refractivity contribution >= 4 is 39.0 Å². The molecule has 1 aromatic carbocycles. The first-order valence-electron chi connectivity index (χ1n) is 5.40. The van der Waals surface area contributed by atoms with E-state index in [2.05, 4.69) is 15.9 Å². The Morgan fingerprint density at radius 1 is 1.56 bits per heavy atom. The maximum atomic E-state index is 12.2. The minimum absolute atomic E-state index is 0.103. The van der Waals surface area contributed by atoms with E-state index in [1.54, 1.807) is 30.2 Å². The van der Waals surface area contributed by atoms with Crippen molar-refractivity contribution in [3.63, 3.8) is 0 Å². The number of likely N-dealkylation sites (N-methyl/N-ethyl adjacent to an activating group) is 1. The zero-order valence-corrected chi connectivity index (χ0v) is 12.7. The number of rotatable bonds is 5. The van der Waals surface area contributed by atoms with Crippen LogP contribution in [-0.2, 0) is 0 Å². The third kappa shape index (κ3) is 3.68. The molecule has 0 spiro atoms. The van der Waals surface area contributed by atoms with Crippen LogP contribution in [0.15, 0.2) is 22.7 Å². The van der Waals surface area contributed by atoms with Crippen LogP contribution < -0.4 is 10.5 Å². The highest BCUT2D eigenvalue weighted by atomic mass is 79.9. The lowest BCUT2D eigenvalue weighted by Gasteiger charge is -2.20. The second-order valence-electron chi connectivity index (χ2n) is 3.63. The lowest BCUT2D eigenvalue weighted by atomic mass is 10.2. The summed E-state index contributed by atoms with van der Waals surface area (Å²) in [6, 6.07) is 5.18. The van der Waals surface area contributed by atoms with Crippen LogP contribution in [0.1, 0.15) is 17.3 Å². The van der Waals surface area contributed by atoms with Gasteiger partial charge in [0.25, 0.3) is 5.91 Å². The molecular weight excluding hydrogens is 316 g/mol. The summed E-state index contributed by atoms with van der Waals surface area (Å²) in [5, 5.41) is 0. The Bertz CT molecular complexity index is 465. The van der Waals surface area contributed by atoms with Crippen LogP contribution >= 0.6 is 28.1 Å². The SMILES string of the molecule is CCN(CC(N)=S)C(=O)c1ccc(OC)c(Br)c1. The number of benzene rings is 1. The van der Waals surface area contributed by atoms with Gasteiger partial charge in [0.2, 0.25) is 0 Å². The van der Waals surface area contributed by atoms with E-state index >= 15 is 0 Å². The molecule has 0 fully saturated rings. The summed E-state index contributed by atoms with van der Waals surface area (Å²) in [6.07, 6.45) is 0. The summed E-state index contributed by atoms with van der Waals surface area (Å²) in [6.45, 7) is 2.73. The molecule has 6 heteroatoms. The highest BCUT2D eigenvalue weighted by molar-refractivity contribution is 9.10. The number of hydrogen-bond acceptors (Lipinski definition) is 3. The summed E-state index contributed by atoms with van der Waals surface area (Å²) in [7, 11) is 1.58. The predicted molar refractivity (Wildman–Crippen MR) is 79.1 cm³/mol. The van der Waals surface area contributed by atoms with Crippen molar-refractivity contribution in [2.75, 3.05) is 20.2 Å². The topological polar surface area (TPSA) is 55.6 Å². The fourth-order valence-corrected chi connectivity index (χ4v) is 2.19. The highest BCUT2D eigenvalue weighted by Gasteiger charge is 2.16. The molecule has 2 N–H and O–H groups in total. The number of hydrogen-bond donors (Lipinski definition) is 1. The predicted octanol–water partition coefficient (Wildman–Crippen LogP) is 2.21. The van der Waals surface area contributed by atoms with E-state index in [9.17, 15) is 4.79 Å². The molecule has 0 aliphatic rings. The number of carbonyl (C=O) groups is 1. The quantitative estimate of drug-likeness (QED) is 0.841. The van der Waals surface area contributed by atoms with Crippen molar-refractivity contribution in [1.82, 2.24) is 4.90 Å². The first-order chi connectivity index (χ1) is 8.49. The van der Waals surface area contributed by atoms with Crippen molar-refractivity contribution in [3.05, 3.63) is 28.2 Å².